The van der Waals surface area contributed by atoms with Crippen molar-refractivity contribution >= 4 is 7.60 Å². The van der Waals surface area contributed by atoms with Gasteiger partial charge in [-0.1, -0.05) is 32.1 Å². The van der Waals surface area contributed by atoms with Crippen molar-refractivity contribution in [2.24, 2.45) is 5.92 Å². The predicted molar refractivity (Wildman–Crippen MR) is 82.5 cm³/mol. The van der Waals surface area contributed by atoms with E-state index in [1.54, 1.807) is 5.82 Å². The first-order valence-corrected chi connectivity index (χ1v) is 9.62. The van der Waals surface area contributed by atoms with Gasteiger partial charge in [-0.15, -0.1) is 0 Å². The second-order valence-corrected chi connectivity index (χ2v) is 7.45. The Labute approximate surface area is 123 Å². The molecule has 0 bridgehead atoms. The van der Waals surface area contributed by atoms with Crippen molar-refractivity contribution in [2.45, 2.75) is 64.8 Å². The highest BCUT2D eigenvalue weighted by molar-refractivity contribution is 7.57. The number of hydrogen-bond acceptors (Lipinski definition) is 3. The summed E-state index contributed by atoms with van der Waals surface area (Å²) < 4.78 is 22.7. The molecule has 0 amide bonds. The highest BCUT2D eigenvalue weighted by Crippen LogP contribution is 2.49. The van der Waals surface area contributed by atoms with Crippen molar-refractivity contribution in [3.63, 3.8) is 0 Å². The van der Waals surface area contributed by atoms with E-state index in [4.69, 9.17) is 9.05 Å². The Hall–Kier alpha value is -0.150. The fourth-order valence-corrected chi connectivity index (χ4v) is 4.15. The molecule has 118 valence electrons. The summed E-state index contributed by atoms with van der Waals surface area (Å²) in [6.45, 7) is 4.44. The Balaban J connectivity index is 2.36. The number of quaternary nitrogens is 1. The molecular formula is C15H31NO3P+. The highest BCUT2D eigenvalue weighted by atomic mass is 31.2. The summed E-state index contributed by atoms with van der Waals surface area (Å²) >= 11 is 0. The Morgan fingerprint density at radius 1 is 1.20 bits per heavy atom. The third kappa shape index (κ3) is 7.03. The van der Waals surface area contributed by atoms with E-state index in [2.05, 4.69) is 5.73 Å². The maximum absolute atomic E-state index is 12.3. The minimum absolute atomic E-state index is 0.186. The summed E-state index contributed by atoms with van der Waals surface area (Å²) in [7, 11) is -3.05. The summed E-state index contributed by atoms with van der Waals surface area (Å²) in [6, 6.07) is 0.186. The largest absolute Gasteiger partial charge is 0.354 e. The van der Waals surface area contributed by atoms with Crippen LogP contribution in [0.4, 0.5) is 0 Å². The van der Waals surface area contributed by atoms with E-state index in [-0.39, 0.29) is 6.04 Å². The zero-order chi connectivity index (χ0) is 14.8. The number of rotatable bonds is 9. The van der Waals surface area contributed by atoms with E-state index < -0.39 is 7.60 Å². The van der Waals surface area contributed by atoms with Crippen LogP contribution in [0.25, 0.3) is 0 Å². The van der Waals surface area contributed by atoms with Gasteiger partial charge in [0, 0.05) is 12.2 Å². The Morgan fingerprint density at radius 3 is 2.35 bits per heavy atom. The van der Waals surface area contributed by atoms with Gasteiger partial charge in [0.2, 0.25) is 0 Å². The molecule has 1 unspecified atom stereocenters. The van der Waals surface area contributed by atoms with Crippen LogP contribution >= 0.6 is 7.60 Å². The maximum Gasteiger partial charge on any atom is 0.354 e. The molecule has 0 aromatic heterocycles. The summed E-state index contributed by atoms with van der Waals surface area (Å²) in [5.41, 5.74) is 4.13. The molecule has 0 radical (unpaired) electrons. The molecule has 0 spiro atoms. The molecular weight excluding hydrogens is 273 g/mol. The van der Waals surface area contributed by atoms with Crippen LogP contribution in [0.15, 0.2) is 11.9 Å². The molecule has 4 nitrogen and oxygen atoms in total. The number of hydrogen-bond donors (Lipinski definition) is 1. The van der Waals surface area contributed by atoms with Crippen LogP contribution < -0.4 is 5.73 Å². The highest BCUT2D eigenvalue weighted by Gasteiger charge is 2.20. The molecule has 0 aliphatic heterocycles. The first kappa shape index (κ1) is 17.9. The van der Waals surface area contributed by atoms with Crippen molar-refractivity contribution in [3.8, 4) is 0 Å². The van der Waals surface area contributed by atoms with E-state index in [0.717, 1.165) is 12.3 Å². The van der Waals surface area contributed by atoms with Gasteiger partial charge < -0.3 is 14.8 Å². The van der Waals surface area contributed by atoms with E-state index in [9.17, 15) is 4.57 Å². The molecule has 3 N–H and O–H groups in total. The molecule has 0 aromatic rings. The summed E-state index contributed by atoms with van der Waals surface area (Å²) in [5.74, 6) is 2.46. The minimum Gasteiger partial charge on any atom is -0.352 e. The normalized spacial score (nSPS) is 19.6. The van der Waals surface area contributed by atoms with Crippen molar-refractivity contribution in [1.82, 2.24) is 0 Å². The topological polar surface area (TPSA) is 63.2 Å². The molecule has 1 fully saturated rings. The molecule has 0 saturated heterocycles. The first-order chi connectivity index (χ1) is 9.59. The van der Waals surface area contributed by atoms with E-state index in [1.165, 1.54) is 38.5 Å². The van der Waals surface area contributed by atoms with Gasteiger partial charge in [-0.05, 0) is 32.3 Å². The molecule has 1 saturated carbocycles. The molecule has 1 atom stereocenters. The van der Waals surface area contributed by atoms with Crippen molar-refractivity contribution in [3.05, 3.63) is 11.9 Å². The first-order valence-electron chi connectivity index (χ1n) is 8.01. The monoisotopic (exact) mass is 304 g/mol. The lowest BCUT2D eigenvalue weighted by Gasteiger charge is -2.21. The minimum atomic E-state index is -3.05. The lowest BCUT2D eigenvalue weighted by Crippen LogP contribution is -2.59. The van der Waals surface area contributed by atoms with Crippen LogP contribution in [0.1, 0.15) is 58.8 Å². The molecule has 0 aromatic carbocycles. The molecule has 1 rings (SSSR count). The second-order valence-electron chi connectivity index (χ2n) is 5.56. The molecule has 0 heterocycles. The molecule has 1 aliphatic carbocycles. The lowest BCUT2D eigenvalue weighted by molar-refractivity contribution is -0.404. The van der Waals surface area contributed by atoms with Gasteiger partial charge in [0.1, 0.15) is 6.04 Å². The van der Waals surface area contributed by atoms with E-state index in [0.29, 0.717) is 13.2 Å². The van der Waals surface area contributed by atoms with Crippen LogP contribution in [0.5, 0.6) is 0 Å². The van der Waals surface area contributed by atoms with Crippen LogP contribution in [-0.2, 0) is 13.6 Å². The summed E-state index contributed by atoms with van der Waals surface area (Å²) in [4.78, 5) is 0. The van der Waals surface area contributed by atoms with Gasteiger partial charge in [0.25, 0.3) is 0 Å². The van der Waals surface area contributed by atoms with Gasteiger partial charge in [-0.25, -0.2) is 0 Å². The molecule has 5 heteroatoms. The van der Waals surface area contributed by atoms with E-state index >= 15 is 0 Å². The quantitative estimate of drug-likeness (QED) is 0.660. The summed E-state index contributed by atoms with van der Waals surface area (Å²) in [6.07, 6.45) is 11.1. The third-order valence-corrected chi connectivity index (χ3v) is 5.60. The van der Waals surface area contributed by atoms with Gasteiger partial charge >= 0.3 is 7.60 Å². The Bertz CT molecular complexity index is 317. The SMILES string of the molecule is CCOP(=O)(/C=C/C([NH3+])CCC1CCCCC1)OCC. The third-order valence-electron chi connectivity index (χ3n) is 3.83. The Kier molecular flexibility index (Phi) is 8.70. The maximum atomic E-state index is 12.3. The fraction of sp³-hybridized carbons (Fsp3) is 0.867. The van der Waals surface area contributed by atoms with Crippen molar-refractivity contribution in [2.75, 3.05) is 13.2 Å². The lowest BCUT2D eigenvalue weighted by atomic mass is 9.85. The van der Waals surface area contributed by atoms with Crippen LogP contribution in [0, 0.1) is 5.92 Å². The van der Waals surface area contributed by atoms with Gasteiger partial charge in [-0.3, -0.25) is 4.57 Å². The average molecular weight is 304 g/mol. The average Bonchev–Trinajstić information content (AvgIpc) is 2.45. The standard InChI is InChI=1S/C15H30NO3P/c1-3-18-20(17,19-4-2)13-12-15(16)11-10-14-8-6-5-7-9-14/h12-15H,3-11,16H2,1-2H3/p+1/b13-12+. The second kappa shape index (κ2) is 9.73. The molecule has 1 aliphatic rings. The zero-order valence-corrected chi connectivity index (χ0v) is 13.9. The van der Waals surface area contributed by atoms with Crippen LogP contribution in [0.3, 0.4) is 0 Å². The smallest absolute Gasteiger partial charge is 0.352 e. The van der Waals surface area contributed by atoms with Gasteiger partial charge in [-0.2, -0.15) is 0 Å². The van der Waals surface area contributed by atoms with Crippen molar-refractivity contribution in [1.29, 1.82) is 0 Å². The zero-order valence-electron chi connectivity index (χ0n) is 13.1. The van der Waals surface area contributed by atoms with Crippen LogP contribution in [0.2, 0.25) is 0 Å². The van der Waals surface area contributed by atoms with E-state index in [1.807, 2.05) is 19.9 Å². The molecule has 20 heavy (non-hydrogen) atoms. The fourth-order valence-electron chi connectivity index (χ4n) is 2.73. The van der Waals surface area contributed by atoms with Gasteiger partial charge in [0.05, 0.1) is 13.2 Å². The van der Waals surface area contributed by atoms with Crippen LogP contribution in [-0.4, -0.2) is 19.3 Å². The predicted octanol–water partition coefficient (Wildman–Crippen LogP) is 3.74. The van der Waals surface area contributed by atoms with Gasteiger partial charge in [0.15, 0.2) is 0 Å². The Morgan fingerprint density at radius 2 is 1.80 bits per heavy atom. The van der Waals surface area contributed by atoms with Crippen molar-refractivity contribution < 1.29 is 19.3 Å². The summed E-state index contributed by atoms with van der Waals surface area (Å²) in [5, 5.41) is 0.